The number of alkyl halides is 5. The minimum atomic E-state index is -4.78. The fourth-order valence-electron chi connectivity index (χ4n) is 6.99. The Morgan fingerprint density at radius 2 is 1.87 bits per heavy atom. The number of aliphatic imine (C=N–C) groups is 1. The maximum atomic E-state index is 16.1. The third kappa shape index (κ3) is 8.09. The molecule has 3 N–H and O–H groups in total. The first kappa shape index (κ1) is 39.8. The molecule has 2 unspecified atom stereocenters. The van der Waals surface area contributed by atoms with Gasteiger partial charge in [-0.05, 0) is 49.1 Å². The minimum absolute atomic E-state index is 0.0160. The number of aromatic nitrogens is 5. The monoisotopic (exact) mass is 795 g/mol. The number of carbonyl (C=O) groups is 2. The number of nitrogens with zero attached hydrogens (tertiary/aromatic N) is 7. The molecule has 2 amide bonds. The van der Waals surface area contributed by atoms with Gasteiger partial charge in [0.2, 0.25) is 0 Å². The third-order valence-corrected chi connectivity index (χ3v) is 10.1. The summed E-state index contributed by atoms with van der Waals surface area (Å²) in [6, 6.07) is 1.02. The Bertz CT molecular complexity index is 2050. The molecule has 55 heavy (non-hydrogen) atoms. The number of nitrogens with one attached hydrogen (secondary N) is 1. The van der Waals surface area contributed by atoms with E-state index in [9.17, 15) is 26.7 Å². The van der Waals surface area contributed by atoms with E-state index in [1.54, 1.807) is 35.4 Å². The van der Waals surface area contributed by atoms with Crippen LogP contribution in [0.25, 0.3) is 16.8 Å². The van der Waals surface area contributed by atoms with Crippen molar-refractivity contribution in [3.05, 3.63) is 71.3 Å². The van der Waals surface area contributed by atoms with Crippen molar-refractivity contribution in [2.24, 2.45) is 28.0 Å². The van der Waals surface area contributed by atoms with Crippen molar-refractivity contribution in [2.45, 2.75) is 90.1 Å². The van der Waals surface area contributed by atoms with E-state index in [0.717, 1.165) is 35.7 Å². The fourth-order valence-corrected chi connectivity index (χ4v) is 7.34. The standard InChI is InChI=1S/C36H40ClF6N9O3/c1-18-10-25(37)27(52-30(29(39)40)45-17-47-52)12-24(18)28(15-55-33(54)48-19(2)36(41,42)43)51-31(53)35(49-32(51)44,16-34(3,4)5)21-6-9-23(26(38)11-21)20-13-46-50(14-20)22-7-8-22/h6,9-14,17-19,22,24,28-29H,7-8,15-16H2,1-5H3,(H2,44,49)(H,48,54)/t18?,19-,24?,28+,35+/m0/s1. The molecule has 0 saturated heterocycles. The average Bonchev–Trinajstić information content (AvgIpc) is 3.49. The van der Waals surface area contributed by atoms with Gasteiger partial charge in [0.1, 0.15) is 24.8 Å². The largest absolute Gasteiger partial charge is 0.447 e. The summed E-state index contributed by atoms with van der Waals surface area (Å²) >= 11 is 6.54. The molecule has 3 aliphatic rings. The smallest absolute Gasteiger partial charge is 0.408 e. The Balaban J connectivity index is 1.41. The van der Waals surface area contributed by atoms with Crippen molar-refractivity contribution in [3.8, 4) is 11.1 Å². The van der Waals surface area contributed by atoms with E-state index >= 15 is 9.18 Å². The quantitative estimate of drug-likeness (QED) is 0.194. The van der Waals surface area contributed by atoms with Crippen LogP contribution in [0.1, 0.15) is 77.7 Å². The van der Waals surface area contributed by atoms with Gasteiger partial charge in [0.25, 0.3) is 12.3 Å². The number of ether oxygens (including phenoxy) is 1. The zero-order valence-corrected chi connectivity index (χ0v) is 31.2. The molecule has 1 aromatic carbocycles. The SMILES string of the molecule is CC1C=C(Cl)C(n2ncnc2C(F)F)=CC1[C@@H](COC(=O)N[C@@H](C)C(F)(F)F)N1C(=O)[C@@](CC(C)(C)C)(c2ccc(-c3cnn(C4CC4)c3)c(F)c2)N=C1N. The van der Waals surface area contributed by atoms with Crippen molar-refractivity contribution in [2.75, 3.05) is 6.61 Å². The lowest BCUT2D eigenvalue weighted by Gasteiger charge is -2.39. The summed E-state index contributed by atoms with van der Waals surface area (Å²) in [5.74, 6) is -4.00. The zero-order chi connectivity index (χ0) is 40.2. The van der Waals surface area contributed by atoms with Gasteiger partial charge in [0, 0.05) is 23.2 Å². The molecule has 0 bridgehead atoms. The Morgan fingerprint density at radius 3 is 2.49 bits per heavy atom. The van der Waals surface area contributed by atoms with Gasteiger partial charge in [-0.25, -0.2) is 32.6 Å². The molecule has 1 aliphatic heterocycles. The van der Waals surface area contributed by atoms with Gasteiger partial charge < -0.3 is 15.8 Å². The van der Waals surface area contributed by atoms with E-state index in [4.69, 9.17) is 22.1 Å². The molecule has 2 aromatic heterocycles. The van der Waals surface area contributed by atoms with Gasteiger partial charge in [-0.2, -0.15) is 23.4 Å². The Labute approximate surface area is 317 Å². The molecule has 0 spiro atoms. The number of halogens is 7. The molecule has 19 heteroatoms. The molecule has 3 aromatic rings. The molecule has 5 atom stereocenters. The van der Waals surface area contributed by atoms with Crippen molar-refractivity contribution in [1.82, 2.24) is 34.8 Å². The van der Waals surface area contributed by atoms with Crippen molar-refractivity contribution in [1.29, 1.82) is 0 Å². The van der Waals surface area contributed by atoms with E-state index in [1.807, 2.05) is 20.8 Å². The first-order valence-electron chi connectivity index (χ1n) is 17.5. The van der Waals surface area contributed by atoms with Gasteiger partial charge in [0.15, 0.2) is 17.3 Å². The lowest BCUT2D eigenvalue weighted by Crippen LogP contribution is -2.55. The Morgan fingerprint density at radius 1 is 1.16 bits per heavy atom. The molecule has 2 aliphatic carbocycles. The van der Waals surface area contributed by atoms with Crippen LogP contribution in [0.3, 0.4) is 0 Å². The first-order chi connectivity index (χ1) is 25.7. The lowest BCUT2D eigenvalue weighted by molar-refractivity contribution is -0.150. The predicted octanol–water partition coefficient (Wildman–Crippen LogP) is 7.32. The number of nitrogens with two attached hydrogens (primary N) is 1. The average molecular weight is 796 g/mol. The lowest BCUT2D eigenvalue weighted by atomic mass is 9.75. The maximum Gasteiger partial charge on any atom is 0.408 e. The number of alkyl carbamates (subject to hydrolysis) is 1. The second kappa shape index (κ2) is 14.7. The molecule has 0 radical (unpaired) electrons. The van der Waals surface area contributed by atoms with Crippen LogP contribution in [0.15, 0.2) is 59.1 Å². The number of hydrogen-bond donors (Lipinski definition) is 2. The number of allylic oxidation sites excluding steroid dienone is 3. The summed E-state index contributed by atoms with van der Waals surface area (Å²) in [6.45, 7) is 7.23. The second-order valence-corrected chi connectivity index (χ2v) is 15.7. The van der Waals surface area contributed by atoms with Crippen molar-refractivity contribution < 1.29 is 40.7 Å². The van der Waals surface area contributed by atoms with Crippen LogP contribution in [0.5, 0.6) is 0 Å². The summed E-state index contributed by atoms with van der Waals surface area (Å²) < 4.78 is 91.7. The zero-order valence-electron chi connectivity index (χ0n) is 30.5. The highest BCUT2D eigenvalue weighted by atomic mass is 35.5. The van der Waals surface area contributed by atoms with E-state index in [2.05, 4.69) is 20.2 Å². The molecular formula is C36H40ClF6N9O3. The van der Waals surface area contributed by atoms with Crippen LogP contribution in [0, 0.1) is 23.1 Å². The van der Waals surface area contributed by atoms with Crippen LogP contribution in [-0.2, 0) is 15.1 Å². The highest BCUT2D eigenvalue weighted by Crippen LogP contribution is 2.46. The van der Waals surface area contributed by atoms with Gasteiger partial charge in [-0.3, -0.25) is 14.4 Å². The highest BCUT2D eigenvalue weighted by Gasteiger charge is 2.54. The minimum Gasteiger partial charge on any atom is -0.447 e. The number of guanidine groups is 1. The molecule has 1 saturated carbocycles. The van der Waals surface area contributed by atoms with Crippen LogP contribution in [0.4, 0.5) is 31.1 Å². The number of hydrogen-bond acceptors (Lipinski definition) is 8. The van der Waals surface area contributed by atoms with Crippen LogP contribution in [0.2, 0.25) is 0 Å². The number of carbonyl (C=O) groups excluding carboxylic acids is 2. The molecule has 6 rings (SSSR count). The van der Waals surface area contributed by atoms with E-state index in [1.165, 1.54) is 24.3 Å². The summed E-state index contributed by atoms with van der Waals surface area (Å²) in [4.78, 5) is 37.1. The van der Waals surface area contributed by atoms with Crippen LogP contribution >= 0.6 is 11.6 Å². The Hall–Kier alpha value is -4.87. The number of amides is 2. The number of rotatable bonds is 11. The van der Waals surface area contributed by atoms with Gasteiger partial charge >= 0.3 is 12.3 Å². The summed E-state index contributed by atoms with van der Waals surface area (Å²) in [5.41, 5.74) is 5.07. The van der Waals surface area contributed by atoms with Gasteiger partial charge in [-0.1, -0.05) is 63.6 Å². The Kier molecular flexibility index (Phi) is 10.6. The fraction of sp³-hybridized carbons (Fsp3) is 0.500. The molecule has 296 valence electrons. The van der Waals surface area contributed by atoms with Crippen LogP contribution < -0.4 is 11.1 Å². The van der Waals surface area contributed by atoms with Crippen molar-refractivity contribution >= 4 is 35.3 Å². The summed E-state index contributed by atoms with van der Waals surface area (Å²) in [5, 5.41) is 9.98. The van der Waals surface area contributed by atoms with Crippen LogP contribution in [-0.4, -0.2) is 72.3 Å². The highest BCUT2D eigenvalue weighted by molar-refractivity contribution is 6.35. The van der Waals surface area contributed by atoms with E-state index in [0.29, 0.717) is 5.56 Å². The third-order valence-electron chi connectivity index (χ3n) is 9.79. The molecular weight excluding hydrogens is 756 g/mol. The molecule has 3 heterocycles. The number of benzene rings is 1. The molecule has 12 nitrogen and oxygen atoms in total. The topological polar surface area (TPSA) is 146 Å². The summed E-state index contributed by atoms with van der Waals surface area (Å²) in [7, 11) is 0. The predicted molar refractivity (Wildman–Crippen MR) is 190 cm³/mol. The normalized spacial score (nSPS) is 23.0. The maximum absolute atomic E-state index is 16.1. The second-order valence-electron chi connectivity index (χ2n) is 15.3. The molecule has 1 fully saturated rings. The van der Waals surface area contributed by atoms with Gasteiger partial charge in [0.05, 0.1) is 29.0 Å². The van der Waals surface area contributed by atoms with E-state index < -0.39 is 77.7 Å². The van der Waals surface area contributed by atoms with Gasteiger partial charge in [-0.15, -0.1) is 0 Å². The van der Waals surface area contributed by atoms with E-state index in [-0.39, 0.29) is 40.3 Å². The first-order valence-corrected chi connectivity index (χ1v) is 17.9. The summed E-state index contributed by atoms with van der Waals surface area (Å²) in [6.07, 6.45) is -0.129. The van der Waals surface area contributed by atoms with Crippen molar-refractivity contribution in [3.63, 3.8) is 0 Å².